The molecule has 4 aromatic rings. The van der Waals surface area contributed by atoms with Gasteiger partial charge in [-0.1, -0.05) is 37.0 Å². The van der Waals surface area contributed by atoms with Crippen LogP contribution in [0.15, 0.2) is 73.1 Å². The van der Waals surface area contributed by atoms with Crippen LogP contribution in [0.5, 0.6) is 11.5 Å². The second-order valence-electron chi connectivity index (χ2n) is 8.73. The van der Waals surface area contributed by atoms with Crippen molar-refractivity contribution in [1.82, 2.24) is 15.3 Å². The Morgan fingerprint density at radius 1 is 1.09 bits per heavy atom. The molecular formula is C29H28N4O2. The molecule has 3 N–H and O–H groups in total. The van der Waals surface area contributed by atoms with Crippen molar-refractivity contribution in [2.45, 2.75) is 31.8 Å². The zero-order valence-electron chi connectivity index (χ0n) is 19.7. The fourth-order valence-electron chi connectivity index (χ4n) is 4.20. The predicted octanol–water partition coefficient (Wildman–Crippen LogP) is 5.19. The third kappa shape index (κ3) is 5.43. The second-order valence-corrected chi connectivity index (χ2v) is 8.73. The number of para-hydroxylation sites is 1. The fraction of sp³-hybridized carbons (Fsp3) is 0.241. The van der Waals surface area contributed by atoms with Crippen LogP contribution >= 0.6 is 0 Å². The SMILES string of the molecule is CCc1cc(Nc2ncnc3ccc(C#CC4(O)CCCNC4)cc23)ccc1Oc1ccccc1. The van der Waals surface area contributed by atoms with Gasteiger partial charge < -0.3 is 20.5 Å². The highest BCUT2D eigenvalue weighted by molar-refractivity contribution is 5.91. The number of hydrogen-bond donors (Lipinski definition) is 3. The van der Waals surface area contributed by atoms with E-state index in [9.17, 15) is 5.11 Å². The third-order valence-electron chi connectivity index (χ3n) is 6.11. The molecule has 0 radical (unpaired) electrons. The number of piperidine rings is 1. The minimum Gasteiger partial charge on any atom is -0.457 e. The molecule has 1 aliphatic rings. The number of nitrogens with one attached hydrogen (secondary N) is 2. The molecule has 1 unspecified atom stereocenters. The number of ether oxygens (including phenoxy) is 1. The summed E-state index contributed by atoms with van der Waals surface area (Å²) in [5, 5.41) is 18.2. The van der Waals surface area contributed by atoms with E-state index in [1.807, 2.05) is 60.7 Å². The molecule has 2 heterocycles. The predicted molar refractivity (Wildman–Crippen MR) is 139 cm³/mol. The van der Waals surface area contributed by atoms with Crippen LogP contribution in [-0.4, -0.2) is 33.8 Å². The summed E-state index contributed by atoms with van der Waals surface area (Å²) >= 11 is 0. The quantitative estimate of drug-likeness (QED) is 0.353. The Kier molecular flexibility index (Phi) is 6.62. The van der Waals surface area contributed by atoms with Crippen molar-refractivity contribution in [2.24, 2.45) is 0 Å². The average molecular weight is 465 g/mol. The number of hydrogen-bond acceptors (Lipinski definition) is 6. The van der Waals surface area contributed by atoms with Crippen LogP contribution in [0.4, 0.5) is 11.5 Å². The summed E-state index contributed by atoms with van der Waals surface area (Å²) in [4.78, 5) is 8.90. The molecule has 1 saturated heterocycles. The summed E-state index contributed by atoms with van der Waals surface area (Å²) in [6, 6.07) is 21.7. The van der Waals surface area contributed by atoms with Crippen LogP contribution in [0.2, 0.25) is 0 Å². The molecule has 1 aliphatic heterocycles. The summed E-state index contributed by atoms with van der Waals surface area (Å²) in [6.45, 7) is 3.52. The number of nitrogens with zero attached hydrogens (tertiary/aromatic N) is 2. The number of benzene rings is 3. The van der Waals surface area contributed by atoms with Crippen molar-refractivity contribution >= 4 is 22.4 Å². The molecule has 6 heteroatoms. The average Bonchev–Trinajstić information content (AvgIpc) is 2.89. The molecule has 35 heavy (non-hydrogen) atoms. The molecule has 5 rings (SSSR count). The molecular weight excluding hydrogens is 436 g/mol. The lowest BCUT2D eigenvalue weighted by Crippen LogP contribution is -2.44. The van der Waals surface area contributed by atoms with Crippen LogP contribution in [-0.2, 0) is 6.42 Å². The fourth-order valence-corrected chi connectivity index (χ4v) is 4.20. The number of aromatic nitrogens is 2. The van der Waals surface area contributed by atoms with Crippen LogP contribution < -0.4 is 15.4 Å². The first kappa shape index (κ1) is 22.9. The standard InChI is InChI=1S/C29H28N4O2/c1-2-22-18-23(10-12-27(22)35-24-7-4-3-5-8-24)33-28-25-17-21(9-11-26(25)31-20-32-28)13-15-29(34)14-6-16-30-19-29/h3-5,7-12,17-18,20,30,34H,2,6,14,16,19H2,1H3,(H,31,32,33). The van der Waals surface area contributed by atoms with E-state index in [4.69, 9.17) is 4.74 Å². The van der Waals surface area contributed by atoms with Crippen molar-refractivity contribution in [3.63, 3.8) is 0 Å². The van der Waals surface area contributed by atoms with Gasteiger partial charge in [0.15, 0.2) is 0 Å². The molecule has 1 fully saturated rings. The maximum absolute atomic E-state index is 10.7. The van der Waals surface area contributed by atoms with E-state index in [0.29, 0.717) is 18.8 Å². The van der Waals surface area contributed by atoms with Gasteiger partial charge in [0.1, 0.15) is 29.2 Å². The van der Waals surface area contributed by atoms with E-state index in [-0.39, 0.29) is 0 Å². The number of aryl methyl sites for hydroxylation is 1. The maximum atomic E-state index is 10.7. The Morgan fingerprint density at radius 2 is 1.97 bits per heavy atom. The van der Waals surface area contributed by atoms with E-state index in [1.165, 1.54) is 0 Å². The van der Waals surface area contributed by atoms with E-state index < -0.39 is 5.60 Å². The second kappa shape index (κ2) is 10.1. The Hall–Kier alpha value is -3.92. The molecule has 1 atom stereocenters. The van der Waals surface area contributed by atoms with Crippen LogP contribution in [0.25, 0.3) is 10.9 Å². The Labute approximate surface area is 205 Å². The van der Waals surface area contributed by atoms with E-state index in [1.54, 1.807) is 6.33 Å². The van der Waals surface area contributed by atoms with Gasteiger partial charge in [-0.3, -0.25) is 0 Å². The van der Waals surface area contributed by atoms with Crippen LogP contribution in [0.1, 0.15) is 30.9 Å². The van der Waals surface area contributed by atoms with Crippen LogP contribution in [0.3, 0.4) is 0 Å². The molecule has 1 aromatic heterocycles. The third-order valence-corrected chi connectivity index (χ3v) is 6.11. The van der Waals surface area contributed by atoms with E-state index in [2.05, 4.69) is 45.4 Å². The summed E-state index contributed by atoms with van der Waals surface area (Å²) in [7, 11) is 0. The zero-order chi connectivity index (χ0) is 24.1. The monoisotopic (exact) mass is 464 g/mol. The smallest absolute Gasteiger partial charge is 0.141 e. The molecule has 0 aliphatic carbocycles. The van der Waals surface area contributed by atoms with Crippen molar-refractivity contribution in [3.8, 4) is 23.3 Å². The first-order valence-electron chi connectivity index (χ1n) is 12.0. The molecule has 0 saturated carbocycles. The van der Waals surface area contributed by atoms with Gasteiger partial charge in [-0.2, -0.15) is 0 Å². The van der Waals surface area contributed by atoms with Crippen molar-refractivity contribution in [2.75, 3.05) is 18.4 Å². The largest absolute Gasteiger partial charge is 0.457 e. The van der Waals surface area contributed by atoms with Crippen molar-refractivity contribution in [1.29, 1.82) is 0 Å². The maximum Gasteiger partial charge on any atom is 0.141 e. The van der Waals surface area contributed by atoms with Gasteiger partial charge in [0.2, 0.25) is 0 Å². The number of aliphatic hydroxyl groups is 1. The topological polar surface area (TPSA) is 79.3 Å². The molecule has 0 amide bonds. The molecule has 0 spiro atoms. The first-order valence-corrected chi connectivity index (χ1v) is 12.0. The van der Waals surface area contributed by atoms with Gasteiger partial charge in [0.25, 0.3) is 0 Å². The Balaban J connectivity index is 1.41. The van der Waals surface area contributed by atoms with Gasteiger partial charge >= 0.3 is 0 Å². The number of anilines is 2. The lowest BCUT2D eigenvalue weighted by Gasteiger charge is -2.27. The van der Waals surface area contributed by atoms with Gasteiger partial charge in [-0.15, -0.1) is 0 Å². The minimum absolute atomic E-state index is 0.493. The Morgan fingerprint density at radius 3 is 2.77 bits per heavy atom. The normalized spacial score (nSPS) is 17.4. The molecule has 0 bridgehead atoms. The molecule has 6 nitrogen and oxygen atoms in total. The summed E-state index contributed by atoms with van der Waals surface area (Å²) in [5.74, 6) is 8.56. The summed E-state index contributed by atoms with van der Waals surface area (Å²) in [5.41, 5.74) is 2.67. The van der Waals surface area contributed by atoms with Gasteiger partial charge in [0, 0.05) is 23.2 Å². The minimum atomic E-state index is -0.985. The van der Waals surface area contributed by atoms with Gasteiger partial charge in [0.05, 0.1) is 5.52 Å². The number of fused-ring (bicyclic) bond motifs is 1. The number of β-amino-alcohol motifs (C(OH)–C–C–N with tert-alkyl or cyclic N) is 1. The van der Waals surface area contributed by atoms with Gasteiger partial charge in [-0.05, 0) is 79.9 Å². The lowest BCUT2D eigenvalue weighted by atomic mass is 9.94. The number of rotatable bonds is 5. The molecule has 3 aromatic carbocycles. The molecule has 176 valence electrons. The van der Waals surface area contributed by atoms with Crippen molar-refractivity contribution in [3.05, 3.63) is 84.2 Å². The van der Waals surface area contributed by atoms with E-state index in [0.717, 1.165) is 58.6 Å². The van der Waals surface area contributed by atoms with E-state index >= 15 is 0 Å². The Bertz CT molecular complexity index is 1390. The summed E-state index contributed by atoms with van der Waals surface area (Å²) < 4.78 is 6.08. The first-order chi connectivity index (χ1) is 17.1. The van der Waals surface area contributed by atoms with Crippen molar-refractivity contribution < 1.29 is 9.84 Å². The zero-order valence-corrected chi connectivity index (χ0v) is 19.7. The lowest BCUT2D eigenvalue weighted by molar-refractivity contribution is 0.0736. The highest BCUT2D eigenvalue weighted by atomic mass is 16.5. The van der Waals surface area contributed by atoms with Crippen LogP contribution in [0, 0.1) is 11.8 Å². The highest BCUT2D eigenvalue weighted by Gasteiger charge is 2.26. The highest BCUT2D eigenvalue weighted by Crippen LogP contribution is 2.30. The van der Waals surface area contributed by atoms with Gasteiger partial charge in [-0.25, -0.2) is 9.97 Å². The summed E-state index contributed by atoms with van der Waals surface area (Å²) in [6.07, 6.45) is 3.99.